The molecule has 0 radical (unpaired) electrons. The van der Waals surface area contributed by atoms with Crippen LogP contribution in [0.5, 0.6) is 0 Å². The van der Waals surface area contributed by atoms with Crippen LogP contribution in [-0.2, 0) is 17.8 Å². The quantitative estimate of drug-likeness (QED) is 0.650. The highest BCUT2D eigenvalue weighted by Gasteiger charge is 2.19. The maximum atomic E-state index is 13.0. The normalized spacial score (nSPS) is 15.0. The van der Waals surface area contributed by atoms with E-state index in [1.54, 1.807) is 24.3 Å². The molecule has 9 heteroatoms. The van der Waals surface area contributed by atoms with E-state index in [1.807, 2.05) is 19.2 Å². The maximum Gasteiger partial charge on any atom is 0.278 e. The Hall–Kier alpha value is -2.62. The largest absolute Gasteiger partial charge is 0.379 e. The Morgan fingerprint density at radius 3 is 2.70 bits per heavy atom. The first kappa shape index (κ1) is 20.6. The molecule has 3 heterocycles. The molecule has 0 unspecified atom stereocenters. The fourth-order valence-electron chi connectivity index (χ4n) is 3.45. The Balaban J connectivity index is 1.57. The smallest absolute Gasteiger partial charge is 0.278 e. The summed E-state index contributed by atoms with van der Waals surface area (Å²) in [5, 5.41) is 10.8. The first-order chi connectivity index (χ1) is 14.5. The number of thiazole rings is 1. The number of benzene rings is 1. The monoisotopic (exact) mass is 427 g/mol. The molecular formula is C21H25N5O3S. The topological polar surface area (TPSA) is 89.3 Å². The minimum Gasteiger partial charge on any atom is -0.379 e. The van der Waals surface area contributed by atoms with Crippen LogP contribution in [0.25, 0.3) is 10.8 Å². The fourth-order valence-corrected chi connectivity index (χ4v) is 4.15. The lowest BCUT2D eigenvalue weighted by molar-refractivity contribution is 0.0337. The first-order valence-corrected chi connectivity index (χ1v) is 10.9. The Kier molecular flexibility index (Phi) is 6.21. The van der Waals surface area contributed by atoms with E-state index in [4.69, 9.17) is 4.74 Å². The van der Waals surface area contributed by atoms with Crippen LogP contribution in [0.3, 0.4) is 0 Å². The molecule has 8 nitrogen and oxygen atoms in total. The number of hydrogen-bond donors (Lipinski definition) is 1. The van der Waals surface area contributed by atoms with Crippen molar-refractivity contribution in [2.75, 3.05) is 31.6 Å². The zero-order chi connectivity index (χ0) is 21.1. The number of rotatable bonds is 6. The molecule has 1 amide bonds. The lowest BCUT2D eigenvalue weighted by Gasteiger charge is -2.25. The zero-order valence-electron chi connectivity index (χ0n) is 17.1. The van der Waals surface area contributed by atoms with Gasteiger partial charge in [-0.25, -0.2) is 9.67 Å². The zero-order valence-corrected chi connectivity index (χ0v) is 17.9. The van der Waals surface area contributed by atoms with Gasteiger partial charge in [0.15, 0.2) is 10.8 Å². The van der Waals surface area contributed by atoms with E-state index >= 15 is 0 Å². The van der Waals surface area contributed by atoms with Gasteiger partial charge in [-0.2, -0.15) is 5.10 Å². The van der Waals surface area contributed by atoms with Gasteiger partial charge < -0.3 is 4.74 Å². The summed E-state index contributed by atoms with van der Waals surface area (Å²) in [5.41, 5.74) is 0.966. The Labute approximate surface area is 178 Å². The molecule has 30 heavy (non-hydrogen) atoms. The van der Waals surface area contributed by atoms with Crippen molar-refractivity contribution in [2.45, 2.75) is 26.9 Å². The predicted molar refractivity (Wildman–Crippen MR) is 117 cm³/mol. The van der Waals surface area contributed by atoms with Gasteiger partial charge in [0.25, 0.3) is 11.5 Å². The number of nitrogens with one attached hydrogen (secondary N) is 1. The highest BCUT2D eigenvalue weighted by Crippen LogP contribution is 2.20. The van der Waals surface area contributed by atoms with Crippen molar-refractivity contribution >= 4 is 33.1 Å². The van der Waals surface area contributed by atoms with Crippen molar-refractivity contribution in [3.8, 4) is 0 Å². The summed E-state index contributed by atoms with van der Waals surface area (Å²) in [5.74, 6) is -0.134. The number of ether oxygens (including phenoxy) is 1. The van der Waals surface area contributed by atoms with Crippen LogP contribution in [0, 0.1) is 5.92 Å². The second kappa shape index (κ2) is 9.03. The first-order valence-electron chi connectivity index (χ1n) is 10.1. The maximum absolute atomic E-state index is 13.0. The highest BCUT2D eigenvalue weighted by atomic mass is 32.1. The molecule has 0 saturated carbocycles. The van der Waals surface area contributed by atoms with E-state index < -0.39 is 0 Å². The third-order valence-corrected chi connectivity index (χ3v) is 5.69. The van der Waals surface area contributed by atoms with Crippen LogP contribution in [0.15, 0.2) is 34.4 Å². The Morgan fingerprint density at radius 2 is 1.97 bits per heavy atom. The molecule has 1 N–H and O–H groups in total. The lowest BCUT2D eigenvalue weighted by atomic mass is 10.1. The van der Waals surface area contributed by atoms with Crippen LogP contribution in [0.2, 0.25) is 0 Å². The number of anilines is 1. The van der Waals surface area contributed by atoms with Gasteiger partial charge in [0.05, 0.1) is 24.3 Å². The standard InChI is InChI=1S/C21H25N5O3S/c1-14(2)11-26-20(28)17-6-4-3-5-16(17)18(24-26)19(27)23-21-22-15(13-30-21)12-25-7-9-29-10-8-25/h3-6,13-14H,7-12H2,1-2H3,(H,22,23,27). The molecule has 1 aromatic carbocycles. The minimum absolute atomic E-state index is 0.183. The lowest BCUT2D eigenvalue weighted by Crippen LogP contribution is -2.35. The Bertz CT molecular complexity index is 1100. The summed E-state index contributed by atoms with van der Waals surface area (Å²) in [6.07, 6.45) is 0. The van der Waals surface area contributed by atoms with E-state index in [-0.39, 0.29) is 23.1 Å². The second-order valence-corrected chi connectivity index (χ2v) is 8.62. The highest BCUT2D eigenvalue weighted by molar-refractivity contribution is 7.14. The molecule has 0 aliphatic carbocycles. The summed E-state index contributed by atoms with van der Waals surface area (Å²) in [6, 6.07) is 7.08. The molecule has 2 aromatic heterocycles. The molecule has 1 fully saturated rings. The van der Waals surface area contributed by atoms with Gasteiger partial charge in [-0.3, -0.25) is 19.8 Å². The van der Waals surface area contributed by atoms with Crippen LogP contribution >= 0.6 is 11.3 Å². The van der Waals surface area contributed by atoms with Gasteiger partial charge in [0.2, 0.25) is 0 Å². The molecular weight excluding hydrogens is 402 g/mol. The van der Waals surface area contributed by atoms with Crippen molar-refractivity contribution in [3.63, 3.8) is 0 Å². The fraction of sp³-hybridized carbons (Fsp3) is 0.429. The summed E-state index contributed by atoms with van der Waals surface area (Å²) < 4.78 is 6.76. The van der Waals surface area contributed by atoms with Gasteiger partial charge in [0, 0.05) is 36.9 Å². The summed E-state index contributed by atoms with van der Waals surface area (Å²) in [4.78, 5) is 32.6. The number of hydrogen-bond acceptors (Lipinski definition) is 7. The molecule has 1 aliphatic rings. The molecule has 4 rings (SSSR count). The van der Waals surface area contributed by atoms with Gasteiger partial charge in [-0.1, -0.05) is 32.0 Å². The molecule has 0 spiro atoms. The van der Waals surface area contributed by atoms with Gasteiger partial charge >= 0.3 is 0 Å². The number of carbonyl (C=O) groups excluding carboxylic acids is 1. The number of amides is 1. The predicted octanol–water partition coefficient (Wildman–Crippen LogP) is 2.59. The van der Waals surface area contributed by atoms with Gasteiger partial charge in [-0.05, 0) is 12.0 Å². The summed E-state index contributed by atoms with van der Waals surface area (Å²) in [6.45, 7) is 8.43. The van der Waals surface area contributed by atoms with Crippen LogP contribution in [-0.4, -0.2) is 51.9 Å². The van der Waals surface area contributed by atoms with Crippen molar-refractivity contribution in [1.29, 1.82) is 0 Å². The van der Waals surface area contributed by atoms with Gasteiger partial charge in [-0.15, -0.1) is 11.3 Å². The molecule has 3 aromatic rings. The minimum atomic E-state index is -0.365. The van der Waals surface area contributed by atoms with E-state index in [1.165, 1.54) is 16.0 Å². The van der Waals surface area contributed by atoms with Crippen LogP contribution < -0.4 is 10.9 Å². The number of morpholine rings is 1. The van der Waals surface area contributed by atoms with Crippen LogP contribution in [0.1, 0.15) is 30.0 Å². The summed E-state index contributed by atoms with van der Waals surface area (Å²) >= 11 is 1.39. The van der Waals surface area contributed by atoms with Crippen molar-refractivity contribution in [3.05, 3.63) is 51.4 Å². The number of nitrogens with zero attached hydrogens (tertiary/aromatic N) is 4. The Morgan fingerprint density at radius 1 is 1.23 bits per heavy atom. The third-order valence-electron chi connectivity index (χ3n) is 4.88. The molecule has 158 valence electrons. The molecule has 0 atom stereocenters. The average Bonchev–Trinajstić information content (AvgIpc) is 3.17. The number of carbonyl (C=O) groups is 1. The van der Waals surface area contributed by atoms with Crippen LogP contribution in [0.4, 0.5) is 5.13 Å². The third kappa shape index (κ3) is 4.58. The van der Waals surface area contributed by atoms with Crippen molar-refractivity contribution in [1.82, 2.24) is 19.7 Å². The van der Waals surface area contributed by atoms with E-state index in [0.29, 0.717) is 22.4 Å². The average molecular weight is 428 g/mol. The molecule has 1 saturated heterocycles. The number of fused-ring (bicyclic) bond motifs is 1. The van der Waals surface area contributed by atoms with Gasteiger partial charge in [0.1, 0.15) is 0 Å². The van der Waals surface area contributed by atoms with E-state index in [9.17, 15) is 9.59 Å². The number of aromatic nitrogens is 3. The second-order valence-electron chi connectivity index (χ2n) is 7.76. The summed E-state index contributed by atoms with van der Waals surface area (Å²) in [7, 11) is 0. The molecule has 1 aliphatic heterocycles. The van der Waals surface area contributed by atoms with Crippen molar-refractivity contribution < 1.29 is 9.53 Å². The SMILES string of the molecule is CC(C)Cn1nc(C(=O)Nc2nc(CN3CCOCC3)cs2)c2ccccc2c1=O. The molecule has 0 bridgehead atoms. The van der Waals surface area contributed by atoms with E-state index in [2.05, 4.69) is 20.3 Å². The van der Waals surface area contributed by atoms with E-state index in [0.717, 1.165) is 38.5 Å². The van der Waals surface area contributed by atoms with Crippen molar-refractivity contribution in [2.24, 2.45) is 5.92 Å².